The number of aromatic nitrogens is 3. The predicted molar refractivity (Wildman–Crippen MR) is 127 cm³/mol. The number of ether oxygens (including phenoxy) is 1. The Morgan fingerprint density at radius 2 is 2.09 bits per heavy atom. The number of nitrogens with one attached hydrogen (secondary N) is 2. The van der Waals surface area contributed by atoms with Gasteiger partial charge >= 0.3 is 6.09 Å². The molecule has 35 heavy (non-hydrogen) atoms. The fourth-order valence-corrected chi connectivity index (χ4v) is 5.54. The molecule has 10 nitrogen and oxygen atoms in total. The van der Waals surface area contributed by atoms with Crippen molar-refractivity contribution in [1.29, 1.82) is 0 Å². The lowest BCUT2D eigenvalue weighted by molar-refractivity contribution is -0.113. The first-order chi connectivity index (χ1) is 17.0. The molecule has 3 aliphatic rings. The molecule has 0 aliphatic carbocycles. The van der Waals surface area contributed by atoms with Gasteiger partial charge in [0.25, 0.3) is 5.56 Å². The largest absolute Gasteiger partial charge is 0.444 e. The van der Waals surface area contributed by atoms with Crippen LogP contribution in [0.15, 0.2) is 40.2 Å². The normalized spacial score (nSPS) is 20.8. The van der Waals surface area contributed by atoms with E-state index in [1.54, 1.807) is 16.7 Å². The van der Waals surface area contributed by atoms with E-state index in [2.05, 4.69) is 20.6 Å². The molecule has 0 unspecified atom stereocenters. The Bertz CT molecular complexity index is 1430. The molecule has 180 valence electrons. The van der Waals surface area contributed by atoms with E-state index in [1.165, 1.54) is 28.9 Å². The fraction of sp³-hybridized carbons (Fsp3) is 0.348. The van der Waals surface area contributed by atoms with Crippen molar-refractivity contribution in [2.24, 2.45) is 0 Å². The smallest absolute Gasteiger partial charge is 0.415 e. The van der Waals surface area contributed by atoms with Crippen LogP contribution in [0.4, 0.5) is 20.8 Å². The molecule has 0 saturated carbocycles. The van der Waals surface area contributed by atoms with Gasteiger partial charge in [0.2, 0.25) is 5.91 Å². The number of hydrogen-bond donors (Lipinski definition) is 2. The molecular formula is C23H21FN6O4S. The third-order valence-corrected chi connectivity index (χ3v) is 7.46. The maximum atomic E-state index is 14.6. The van der Waals surface area contributed by atoms with Crippen LogP contribution in [0.2, 0.25) is 0 Å². The number of halogens is 1. The summed E-state index contributed by atoms with van der Waals surface area (Å²) >= 11 is 1.41. The first-order valence-electron chi connectivity index (χ1n) is 11.3. The van der Waals surface area contributed by atoms with Gasteiger partial charge in [-0.25, -0.2) is 14.2 Å². The fourth-order valence-electron chi connectivity index (χ4n) is 4.79. The van der Waals surface area contributed by atoms with Gasteiger partial charge in [-0.3, -0.25) is 19.5 Å². The van der Waals surface area contributed by atoms with Gasteiger partial charge in [0, 0.05) is 18.2 Å². The molecule has 2 N–H and O–H groups in total. The number of nitrogens with zero attached hydrogens (tertiary/aromatic N) is 4. The quantitative estimate of drug-likeness (QED) is 0.500. The van der Waals surface area contributed by atoms with E-state index >= 15 is 0 Å². The third kappa shape index (κ3) is 3.92. The summed E-state index contributed by atoms with van der Waals surface area (Å²) in [4.78, 5) is 47.2. The van der Waals surface area contributed by atoms with Crippen molar-refractivity contribution in [3.8, 4) is 0 Å². The number of hydrogen-bond acceptors (Lipinski definition) is 8. The summed E-state index contributed by atoms with van der Waals surface area (Å²) in [5.41, 5.74) is 1.43. The number of fused-ring (bicyclic) bond motifs is 1. The van der Waals surface area contributed by atoms with Gasteiger partial charge in [-0.1, -0.05) is 0 Å². The van der Waals surface area contributed by atoms with E-state index in [1.807, 2.05) is 6.07 Å². The minimum absolute atomic E-state index is 0.121. The van der Waals surface area contributed by atoms with Crippen molar-refractivity contribution in [3.63, 3.8) is 0 Å². The molecule has 0 spiro atoms. The van der Waals surface area contributed by atoms with Crippen LogP contribution in [0.25, 0.3) is 11.0 Å². The molecule has 6 heterocycles. The molecule has 6 rings (SSSR count). The molecule has 12 heteroatoms. The lowest BCUT2D eigenvalue weighted by atomic mass is 10.1. The molecule has 3 aliphatic heterocycles. The number of carbonyl (C=O) groups is 2. The Kier molecular flexibility index (Phi) is 5.41. The van der Waals surface area contributed by atoms with Crippen LogP contribution in [0.5, 0.6) is 0 Å². The molecule has 2 atom stereocenters. The summed E-state index contributed by atoms with van der Waals surface area (Å²) in [6.07, 6.45) is 1.71. The number of pyridine rings is 3. The zero-order valence-corrected chi connectivity index (χ0v) is 19.3. The summed E-state index contributed by atoms with van der Waals surface area (Å²) in [6, 6.07) is 6.32. The standard InChI is InChI=1S/C23H21FN6O4S/c24-13-8-26-14-3-6-19(32)30-10-15(20(13)21(14)30)25-7-1-2-12-9-29(23(33)34-12)17-5-4-16-22(27-17)28-18(31)11-35-16/h3-6,8,12,15,25H,1-2,7,9-11H2,(H,27,28,31)/t12-,15+/m0/s1. The van der Waals surface area contributed by atoms with Crippen molar-refractivity contribution in [2.75, 3.05) is 29.1 Å². The molecule has 0 aromatic carbocycles. The van der Waals surface area contributed by atoms with Gasteiger partial charge < -0.3 is 19.9 Å². The van der Waals surface area contributed by atoms with E-state index in [0.717, 1.165) is 4.90 Å². The van der Waals surface area contributed by atoms with Crippen molar-refractivity contribution in [1.82, 2.24) is 19.9 Å². The average Bonchev–Trinajstić information content (AvgIpc) is 3.42. The number of rotatable bonds is 6. The topological polar surface area (TPSA) is 118 Å². The second kappa shape index (κ2) is 8.61. The van der Waals surface area contributed by atoms with Gasteiger partial charge in [-0.2, -0.15) is 0 Å². The van der Waals surface area contributed by atoms with Crippen LogP contribution in [-0.4, -0.2) is 51.5 Å². The van der Waals surface area contributed by atoms with Gasteiger partial charge in [0.1, 0.15) is 23.6 Å². The number of thioether (sulfide) groups is 1. The van der Waals surface area contributed by atoms with Crippen molar-refractivity contribution in [2.45, 2.75) is 36.4 Å². The van der Waals surface area contributed by atoms with Crippen LogP contribution in [0.3, 0.4) is 0 Å². The van der Waals surface area contributed by atoms with Crippen LogP contribution in [-0.2, 0) is 16.1 Å². The van der Waals surface area contributed by atoms with Gasteiger partial charge in [0.15, 0.2) is 0 Å². The second-order valence-electron chi connectivity index (χ2n) is 8.65. The highest BCUT2D eigenvalue weighted by Gasteiger charge is 2.34. The minimum Gasteiger partial charge on any atom is -0.444 e. The summed E-state index contributed by atoms with van der Waals surface area (Å²) < 4.78 is 21.6. The Morgan fingerprint density at radius 1 is 1.20 bits per heavy atom. The van der Waals surface area contributed by atoms with E-state index in [-0.39, 0.29) is 23.6 Å². The van der Waals surface area contributed by atoms with E-state index in [4.69, 9.17) is 4.74 Å². The van der Waals surface area contributed by atoms with Crippen molar-refractivity contribution >= 4 is 46.4 Å². The highest BCUT2D eigenvalue weighted by Crippen LogP contribution is 2.34. The van der Waals surface area contributed by atoms with Gasteiger partial charge in [-0.15, -0.1) is 11.8 Å². The molecule has 1 saturated heterocycles. The molecule has 3 aromatic heterocycles. The molecular weight excluding hydrogens is 475 g/mol. The van der Waals surface area contributed by atoms with Gasteiger partial charge in [0.05, 0.1) is 40.5 Å². The predicted octanol–water partition coefficient (Wildman–Crippen LogP) is 2.42. The Hall–Kier alpha value is -3.51. The van der Waals surface area contributed by atoms with Crippen LogP contribution >= 0.6 is 11.8 Å². The summed E-state index contributed by atoms with van der Waals surface area (Å²) in [5, 5.41) is 6.07. The number of cyclic esters (lactones) is 1. The molecule has 1 fully saturated rings. The SMILES string of the molecule is O=C1CSc2ccc(N3C[C@H](CCCN[C@@H]4Cn5c(=O)ccc6ncc(F)c4c65)OC3=O)nc2N1. The van der Waals surface area contributed by atoms with E-state index in [0.29, 0.717) is 66.5 Å². The maximum absolute atomic E-state index is 14.6. The monoisotopic (exact) mass is 496 g/mol. The van der Waals surface area contributed by atoms with Crippen molar-refractivity contribution < 1.29 is 18.7 Å². The highest BCUT2D eigenvalue weighted by atomic mass is 32.2. The molecule has 3 aromatic rings. The number of anilines is 2. The summed E-state index contributed by atoms with van der Waals surface area (Å²) in [7, 11) is 0. The zero-order chi connectivity index (χ0) is 24.1. The number of amides is 2. The van der Waals surface area contributed by atoms with Crippen LogP contribution in [0.1, 0.15) is 24.4 Å². The maximum Gasteiger partial charge on any atom is 0.415 e. The Labute approximate surface area is 202 Å². The minimum atomic E-state index is -0.475. The van der Waals surface area contributed by atoms with Crippen molar-refractivity contribution in [3.05, 3.63) is 52.2 Å². The van der Waals surface area contributed by atoms with E-state index < -0.39 is 11.9 Å². The molecule has 2 amide bonds. The van der Waals surface area contributed by atoms with Gasteiger partial charge in [-0.05, 0) is 37.6 Å². The molecule has 0 bridgehead atoms. The van der Waals surface area contributed by atoms with Crippen LogP contribution in [0, 0.1) is 5.82 Å². The Morgan fingerprint density at radius 3 is 2.97 bits per heavy atom. The van der Waals surface area contributed by atoms with E-state index in [9.17, 15) is 18.8 Å². The number of carbonyl (C=O) groups excluding carboxylic acids is 2. The average molecular weight is 497 g/mol. The van der Waals surface area contributed by atoms with Crippen LogP contribution < -0.4 is 21.1 Å². The lowest BCUT2D eigenvalue weighted by Gasteiger charge is -2.18. The second-order valence-corrected chi connectivity index (χ2v) is 9.67. The highest BCUT2D eigenvalue weighted by molar-refractivity contribution is 8.00. The molecule has 0 radical (unpaired) electrons. The lowest BCUT2D eigenvalue weighted by Crippen LogP contribution is -2.28. The first kappa shape index (κ1) is 22.0. The third-order valence-electron chi connectivity index (χ3n) is 6.41. The summed E-state index contributed by atoms with van der Waals surface area (Å²) in [6.45, 7) is 1.26. The summed E-state index contributed by atoms with van der Waals surface area (Å²) in [5.74, 6) is 0.684. The first-order valence-corrected chi connectivity index (χ1v) is 12.3. The Balaban J connectivity index is 1.06. The zero-order valence-electron chi connectivity index (χ0n) is 18.5.